The fraction of sp³-hybridized carbons (Fsp3) is 0.200. The van der Waals surface area contributed by atoms with Crippen LogP contribution in [0.4, 0.5) is 4.39 Å². The van der Waals surface area contributed by atoms with Crippen molar-refractivity contribution in [1.82, 2.24) is 10.1 Å². The van der Waals surface area contributed by atoms with Crippen LogP contribution in [0.2, 0.25) is 5.02 Å². The first-order chi connectivity index (χ1) is 7.65. The zero-order valence-corrected chi connectivity index (χ0v) is 9.16. The van der Waals surface area contributed by atoms with Crippen LogP contribution in [-0.4, -0.2) is 10.1 Å². The second-order valence-electron chi connectivity index (χ2n) is 3.09. The lowest BCUT2D eigenvalue weighted by Gasteiger charge is -2.04. The second kappa shape index (κ2) is 4.49. The van der Waals surface area contributed by atoms with Gasteiger partial charge in [0.25, 0.3) is 0 Å². The number of benzene rings is 1. The molecule has 4 nitrogen and oxygen atoms in total. The Labute approximate surface area is 96.0 Å². The average Bonchev–Trinajstić information content (AvgIpc) is 2.63. The molecule has 2 aromatic rings. The van der Waals surface area contributed by atoms with Crippen molar-refractivity contribution in [2.45, 2.75) is 13.5 Å². The van der Waals surface area contributed by atoms with Gasteiger partial charge in [-0.05, 0) is 18.2 Å². The minimum atomic E-state index is -0.409. The first-order valence-electron chi connectivity index (χ1n) is 4.52. The Bertz CT molecular complexity index is 501. The third kappa shape index (κ3) is 2.49. The Hall–Kier alpha value is -1.62. The Morgan fingerprint density at radius 1 is 1.50 bits per heavy atom. The Morgan fingerprint density at radius 3 is 2.94 bits per heavy atom. The van der Waals surface area contributed by atoms with Gasteiger partial charge in [0.15, 0.2) is 6.61 Å². The van der Waals surface area contributed by atoms with E-state index in [1.807, 2.05) is 0 Å². The van der Waals surface area contributed by atoms with Crippen molar-refractivity contribution in [3.05, 3.63) is 40.8 Å². The monoisotopic (exact) mass is 242 g/mol. The molecular weight excluding hydrogens is 235 g/mol. The molecule has 0 saturated heterocycles. The highest BCUT2D eigenvalue weighted by Crippen LogP contribution is 2.25. The predicted molar refractivity (Wildman–Crippen MR) is 54.8 cm³/mol. The number of aromatic nitrogens is 2. The van der Waals surface area contributed by atoms with Gasteiger partial charge in [-0.2, -0.15) is 4.98 Å². The maximum Gasteiger partial charge on any atom is 0.223 e. The van der Waals surface area contributed by atoms with Crippen LogP contribution in [0, 0.1) is 12.7 Å². The van der Waals surface area contributed by atoms with Crippen LogP contribution in [0.3, 0.4) is 0 Å². The van der Waals surface area contributed by atoms with Gasteiger partial charge in [-0.25, -0.2) is 4.39 Å². The van der Waals surface area contributed by atoms with E-state index < -0.39 is 5.82 Å². The number of hydrogen-bond acceptors (Lipinski definition) is 4. The van der Waals surface area contributed by atoms with Gasteiger partial charge in [0.1, 0.15) is 11.6 Å². The van der Waals surface area contributed by atoms with Crippen molar-refractivity contribution in [1.29, 1.82) is 0 Å². The van der Waals surface area contributed by atoms with Gasteiger partial charge in [-0.3, -0.25) is 0 Å². The van der Waals surface area contributed by atoms with Crippen LogP contribution in [-0.2, 0) is 6.61 Å². The van der Waals surface area contributed by atoms with Crippen molar-refractivity contribution in [2.75, 3.05) is 0 Å². The zero-order valence-electron chi connectivity index (χ0n) is 8.41. The summed E-state index contributed by atoms with van der Waals surface area (Å²) in [5.74, 6) is 0.847. The first-order valence-corrected chi connectivity index (χ1v) is 4.90. The highest BCUT2D eigenvalue weighted by molar-refractivity contribution is 6.32. The van der Waals surface area contributed by atoms with E-state index in [4.69, 9.17) is 20.9 Å². The average molecular weight is 243 g/mol. The maximum absolute atomic E-state index is 12.7. The molecule has 84 valence electrons. The lowest BCUT2D eigenvalue weighted by molar-refractivity contribution is 0.285. The van der Waals surface area contributed by atoms with Crippen LogP contribution in [0.5, 0.6) is 5.75 Å². The number of hydrogen-bond donors (Lipinski definition) is 0. The highest BCUT2D eigenvalue weighted by atomic mass is 35.5. The standard InChI is InChI=1S/C10H8ClFN2O2/c1-6-13-10(14-16-6)5-15-9-3-2-7(12)4-8(9)11/h2-4H,5H2,1H3. The summed E-state index contributed by atoms with van der Waals surface area (Å²) in [6.45, 7) is 1.81. The number of aryl methyl sites for hydroxylation is 1. The minimum absolute atomic E-state index is 0.128. The summed E-state index contributed by atoms with van der Waals surface area (Å²) >= 11 is 5.77. The van der Waals surface area contributed by atoms with E-state index in [2.05, 4.69) is 10.1 Å². The molecule has 0 aliphatic carbocycles. The smallest absolute Gasteiger partial charge is 0.223 e. The van der Waals surface area contributed by atoms with E-state index in [0.29, 0.717) is 17.5 Å². The molecule has 0 amide bonds. The molecule has 1 aromatic heterocycles. The molecule has 0 aliphatic rings. The van der Waals surface area contributed by atoms with Crippen LogP contribution in [0.15, 0.2) is 22.7 Å². The summed E-state index contributed by atoms with van der Waals surface area (Å²) in [5, 5.41) is 3.86. The minimum Gasteiger partial charge on any atom is -0.484 e. The largest absolute Gasteiger partial charge is 0.484 e. The van der Waals surface area contributed by atoms with Crippen molar-refractivity contribution in [3.8, 4) is 5.75 Å². The third-order valence-corrected chi connectivity index (χ3v) is 2.12. The summed E-state index contributed by atoms with van der Waals surface area (Å²) in [5.41, 5.74) is 0. The zero-order chi connectivity index (χ0) is 11.5. The van der Waals surface area contributed by atoms with Crippen molar-refractivity contribution in [3.63, 3.8) is 0 Å². The van der Waals surface area contributed by atoms with Gasteiger partial charge in [0.05, 0.1) is 5.02 Å². The van der Waals surface area contributed by atoms with E-state index in [1.165, 1.54) is 18.2 Å². The summed E-state index contributed by atoms with van der Waals surface area (Å²) in [4.78, 5) is 3.95. The van der Waals surface area contributed by atoms with Crippen LogP contribution in [0.25, 0.3) is 0 Å². The lowest BCUT2D eigenvalue weighted by atomic mass is 10.3. The number of halogens is 2. The summed E-state index contributed by atoms with van der Waals surface area (Å²) in [6, 6.07) is 3.89. The first kappa shape index (κ1) is 10.9. The molecule has 16 heavy (non-hydrogen) atoms. The highest BCUT2D eigenvalue weighted by Gasteiger charge is 2.06. The number of rotatable bonds is 3. The fourth-order valence-electron chi connectivity index (χ4n) is 1.13. The molecule has 1 heterocycles. The van der Waals surface area contributed by atoms with E-state index in [1.54, 1.807) is 6.92 Å². The number of nitrogens with zero attached hydrogens (tertiary/aromatic N) is 2. The van der Waals surface area contributed by atoms with Crippen molar-refractivity contribution < 1.29 is 13.7 Å². The normalized spacial score (nSPS) is 10.4. The Morgan fingerprint density at radius 2 is 2.31 bits per heavy atom. The van der Waals surface area contributed by atoms with E-state index in [9.17, 15) is 4.39 Å². The molecule has 0 unspecified atom stereocenters. The Balaban J connectivity index is 2.04. The molecule has 0 radical (unpaired) electrons. The Kier molecular flexibility index (Phi) is 3.05. The molecule has 0 atom stereocenters. The summed E-state index contributed by atoms with van der Waals surface area (Å²) in [6.07, 6.45) is 0. The van der Waals surface area contributed by atoms with Gasteiger partial charge in [-0.1, -0.05) is 16.8 Å². The maximum atomic E-state index is 12.7. The fourth-order valence-corrected chi connectivity index (χ4v) is 1.36. The molecule has 1 aromatic carbocycles. The van der Waals surface area contributed by atoms with Gasteiger partial charge in [-0.15, -0.1) is 0 Å². The van der Waals surface area contributed by atoms with Gasteiger partial charge in [0, 0.05) is 6.92 Å². The molecule has 0 spiro atoms. The van der Waals surface area contributed by atoms with Gasteiger partial charge in [0.2, 0.25) is 11.7 Å². The van der Waals surface area contributed by atoms with Crippen molar-refractivity contribution >= 4 is 11.6 Å². The molecule has 0 N–H and O–H groups in total. The molecular formula is C10H8ClFN2O2. The molecule has 0 fully saturated rings. The van der Waals surface area contributed by atoms with E-state index in [-0.39, 0.29) is 11.6 Å². The summed E-state index contributed by atoms with van der Waals surface area (Å²) in [7, 11) is 0. The van der Waals surface area contributed by atoms with E-state index >= 15 is 0 Å². The van der Waals surface area contributed by atoms with Crippen molar-refractivity contribution in [2.24, 2.45) is 0 Å². The number of ether oxygens (including phenoxy) is 1. The predicted octanol–water partition coefficient (Wildman–Crippen LogP) is 2.75. The quantitative estimate of drug-likeness (QED) is 0.830. The lowest BCUT2D eigenvalue weighted by Crippen LogP contribution is -1.98. The molecule has 2 rings (SSSR count). The van der Waals surface area contributed by atoms with Gasteiger partial charge < -0.3 is 9.26 Å². The molecule has 0 aliphatic heterocycles. The van der Waals surface area contributed by atoms with Gasteiger partial charge >= 0.3 is 0 Å². The van der Waals surface area contributed by atoms with Crippen LogP contribution in [0.1, 0.15) is 11.7 Å². The van der Waals surface area contributed by atoms with E-state index in [0.717, 1.165) is 0 Å². The van der Waals surface area contributed by atoms with Crippen LogP contribution < -0.4 is 4.74 Å². The molecule has 0 bridgehead atoms. The topological polar surface area (TPSA) is 48.2 Å². The van der Waals surface area contributed by atoms with Crippen LogP contribution >= 0.6 is 11.6 Å². The summed E-state index contributed by atoms with van der Waals surface area (Å²) < 4.78 is 22.8. The third-order valence-electron chi connectivity index (χ3n) is 1.82. The molecule has 0 saturated carbocycles. The second-order valence-corrected chi connectivity index (χ2v) is 3.50. The SMILES string of the molecule is Cc1nc(COc2ccc(F)cc2Cl)no1. The molecule has 6 heteroatoms.